The molecule has 0 N–H and O–H groups in total. The number of ether oxygens (including phenoxy) is 1. The van der Waals surface area contributed by atoms with Crippen LogP contribution in [0.4, 0.5) is 0 Å². The predicted molar refractivity (Wildman–Crippen MR) is 86.5 cm³/mol. The van der Waals surface area contributed by atoms with Crippen molar-refractivity contribution in [2.75, 3.05) is 20.3 Å². The molecule has 7 nitrogen and oxygen atoms in total. The average Bonchev–Trinajstić information content (AvgIpc) is 3.20. The molecule has 1 amide bonds. The van der Waals surface area contributed by atoms with Crippen LogP contribution in [-0.2, 0) is 22.6 Å². The molecule has 126 valence electrons. The highest BCUT2D eigenvalue weighted by Crippen LogP contribution is 2.13. The normalized spacial score (nSPS) is 11.0. The Bertz CT molecular complexity index is 863. The van der Waals surface area contributed by atoms with Crippen molar-refractivity contribution in [1.82, 2.24) is 9.47 Å². The van der Waals surface area contributed by atoms with Gasteiger partial charge in [0.1, 0.15) is 6.54 Å². The first-order chi connectivity index (χ1) is 11.7. The van der Waals surface area contributed by atoms with E-state index in [0.717, 1.165) is 5.56 Å². The quantitative estimate of drug-likeness (QED) is 0.661. The average molecular weight is 330 g/mol. The molecule has 0 bridgehead atoms. The van der Waals surface area contributed by atoms with Crippen molar-refractivity contribution in [1.29, 1.82) is 0 Å². The maximum atomic E-state index is 12.7. The Morgan fingerprint density at radius 3 is 2.88 bits per heavy atom. The van der Waals surface area contributed by atoms with Crippen molar-refractivity contribution < 1.29 is 18.4 Å². The van der Waals surface area contributed by atoms with Gasteiger partial charge in [-0.15, -0.1) is 0 Å². The van der Waals surface area contributed by atoms with E-state index in [1.807, 2.05) is 0 Å². The fraction of sp³-hybridized carbons (Fsp3) is 0.294. The molecule has 2 aromatic heterocycles. The fourth-order valence-electron chi connectivity index (χ4n) is 2.50. The molecule has 0 spiro atoms. The number of rotatable bonds is 7. The number of furan rings is 1. The zero-order valence-corrected chi connectivity index (χ0v) is 13.3. The molecule has 1 aromatic carbocycles. The van der Waals surface area contributed by atoms with Gasteiger partial charge in [0.2, 0.25) is 5.91 Å². The summed E-state index contributed by atoms with van der Waals surface area (Å²) < 4.78 is 16.6. The van der Waals surface area contributed by atoms with Gasteiger partial charge in [-0.2, -0.15) is 0 Å². The second kappa shape index (κ2) is 7.18. The van der Waals surface area contributed by atoms with Crippen LogP contribution in [0.2, 0.25) is 0 Å². The molecular formula is C17H18N2O5. The molecule has 0 fully saturated rings. The SMILES string of the molecule is COCCN(Cc1ccoc1)C(=O)Cn1c(=O)oc2ccccc21. The Labute approximate surface area is 138 Å². The number of carbonyl (C=O) groups excluding carboxylic acids is 1. The molecule has 0 atom stereocenters. The number of oxazole rings is 1. The lowest BCUT2D eigenvalue weighted by atomic mass is 10.3. The number of methoxy groups -OCH3 is 1. The summed E-state index contributed by atoms with van der Waals surface area (Å²) in [6.45, 7) is 1.14. The maximum Gasteiger partial charge on any atom is 0.420 e. The van der Waals surface area contributed by atoms with E-state index in [9.17, 15) is 9.59 Å². The van der Waals surface area contributed by atoms with Gasteiger partial charge >= 0.3 is 5.76 Å². The number of aromatic nitrogens is 1. The molecule has 2 heterocycles. The Balaban J connectivity index is 1.81. The number of benzene rings is 1. The molecule has 0 aliphatic carbocycles. The van der Waals surface area contributed by atoms with Crippen molar-refractivity contribution in [3.05, 3.63) is 59.0 Å². The van der Waals surface area contributed by atoms with E-state index in [-0.39, 0.29) is 12.5 Å². The van der Waals surface area contributed by atoms with Crippen LogP contribution >= 0.6 is 0 Å². The molecule has 24 heavy (non-hydrogen) atoms. The van der Waals surface area contributed by atoms with E-state index in [0.29, 0.717) is 30.8 Å². The highest BCUT2D eigenvalue weighted by molar-refractivity contribution is 5.79. The van der Waals surface area contributed by atoms with Crippen molar-refractivity contribution in [3.63, 3.8) is 0 Å². The predicted octanol–water partition coefficient (Wildman–Crippen LogP) is 1.86. The topological polar surface area (TPSA) is 77.8 Å². The number of amides is 1. The summed E-state index contributed by atoms with van der Waals surface area (Å²) in [4.78, 5) is 26.3. The summed E-state index contributed by atoms with van der Waals surface area (Å²) in [6.07, 6.45) is 3.15. The monoisotopic (exact) mass is 330 g/mol. The first-order valence-electron chi connectivity index (χ1n) is 7.55. The minimum Gasteiger partial charge on any atom is -0.472 e. The Morgan fingerprint density at radius 2 is 2.12 bits per heavy atom. The summed E-state index contributed by atoms with van der Waals surface area (Å²) >= 11 is 0. The lowest BCUT2D eigenvalue weighted by molar-refractivity contribution is -0.133. The second-order valence-corrected chi connectivity index (χ2v) is 5.36. The third-order valence-electron chi connectivity index (χ3n) is 3.74. The third-order valence-corrected chi connectivity index (χ3v) is 3.74. The summed E-state index contributed by atoms with van der Waals surface area (Å²) in [5, 5.41) is 0. The molecule has 0 radical (unpaired) electrons. The number of hydrogen-bond acceptors (Lipinski definition) is 5. The lowest BCUT2D eigenvalue weighted by Crippen LogP contribution is -2.37. The highest BCUT2D eigenvalue weighted by atomic mass is 16.5. The van der Waals surface area contributed by atoms with Gasteiger partial charge in [0, 0.05) is 25.8 Å². The first-order valence-corrected chi connectivity index (χ1v) is 7.55. The van der Waals surface area contributed by atoms with E-state index in [1.54, 1.807) is 54.9 Å². The van der Waals surface area contributed by atoms with Gasteiger partial charge in [-0.1, -0.05) is 12.1 Å². The smallest absolute Gasteiger partial charge is 0.420 e. The van der Waals surface area contributed by atoms with E-state index >= 15 is 0 Å². The summed E-state index contributed by atoms with van der Waals surface area (Å²) in [5.74, 6) is -0.735. The number of para-hydroxylation sites is 2. The van der Waals surface area contributed by atoms with E-state index in [1.165, 1.54) is 4.57 Å². The molecule has 3 rings (SSSR count). The fourth-order valence-corrected chi connectivity index (χ4v) is 2.50. The van der Waals surface area contributed by atoms with E-state index in [4.69, 9.17) is 13.6 Å². The van der Waals surface area contributed by atoms with Crippen LogP contribution < -0.4 is 5.76 Å². The van der Waals surface area contributed by atoms with Gasteiger partial charge in [0.15, 0.2) is 5.58 Å². The van der Waals surface area contributed by atoms with Crippen LogP contribution in [0.1, 0.15) is 5.56 Å². The van der Waals surface area contributed by atoms with E-state index in [2.05, 4.69) is 0 Å². The van der Waals surface area contributed by atoms with Gasteiger partial charge in [0.05, 0.1) is 24.6 Å². The minimum absolute atomic E-state index is 0.0859. The largest absolute Gasteiger partial charge is 0.472 e. The zero-order valence-electron chi connectivity index (χ0n) is 13.3. The number of carbonyl (C=O) groups is 1. The van der Waals surface area contributed by atoms with Gasteiger partial charge in [-0.25, -0.2) is 4.79 Å². The summed E-state index contributed by atoms with van der Waals surface area (Å²) in [5.41, 5.74) is 1.95. The van der Waals surface area contributed by atoms with Crippen LogP contribution in [-0.4, -0.2) is 35.6 Å². The third kappa shape index (κ3) is 3.41. The molecule has 3 aromatic rings. The molecule has 0 unspecified atom stereocenters. The second-order valence-electron chi connectivity index (χ2n) is 5.36. The summed E-state index contributed by atoms with van der Waals surface area (Å²) in [7, 11) is 1.58. The molecule has 0 saturated heterocycles. The Hall–Kier alpha value is -2.80. The van der Waals surface area contributed by atoms with Gasteiger partial charge < -0.3 is 18.5 Å². The number of hydrogen-bond donors (Lipinski definition) is 0. The van der Waals surface area contributed by atoms with Crippen molar-refractivity contribution in [3.8, 4) is 0 Å². The van der Waals surface area contributed by atoms with E-state index < -0.39 is 5.76 Å². The van der Waals surface area contributed by atoms with Crippen LogP contribution in [0.15, 0.2) is 56.5 Å². The maximum absolute atomic E-state index is 12.7. The van der Waals surface area contributed by atoms with Gasteiger partial charge in [-0.05, 0) is 18.2 Å². The van der Waals surface area contributed by atoms with Gasteiger partial charge in [0.25, 0.3) is 0 Å². The number of nitrogens with zero attached hydrogens (tertiary/aromatic N) is 2. The molecule has 0 saturated carbocycles. The molecule has 0 aliphatic rings. The van der Waals surface area contributed by atoms with Crippen molar-refractivity contribution in [2.24, 2.45) is 0 Å². The van der Waals surface area contributed by atoms with Crippen molar-refractivity contribution >= 4 is 17.0 Å². The van der Waals surface area contributed by atoms with Crippen LogP contribution in [0.3, 0.4) is 0 Å². The minimum atomic E-state index is -0.542. The van der Waals surface area contributed by atoms with Gasteiger partial charge in [-0.3, -0.25) is 9.36 Å². The Morgan fingerprint density at radius 1 is 1.29 bits per heavy atom. The van der Waals surface area contributed by atoms with Crippen molar-refractivity contribution in [2.45, 2.75) is 13.1 Å². The van der Waals surface area contributed by atoms with Crippen LogP contribution in [0, 0.1) is 0 Å². The van der Waals surface area contributed by atoms with Crippen LogP contribution in [0.5, 0.6) is 0 Å². The zero-order chi connectivity index (χ0) is 16.9. The highest BCUT2D eigenvalue weighted by Gasteiger charge is 2.18. The Kier molecular flexibility index (Phi) is 4.81. The number of fused-ring (bicyclic) bond motifs is 1. The van der Waals surface area contributed by atoms with Crippen LogP contribution in [0.25, 0.3) is 11.1 Å². The summed E-state index contributed by atoms with van der Waals surface area (Å²) in [6, 6.07) is 8.83. The lowest BCUT2D eigenvalue weighted by Gasteiger charge is -2.21. The first kappa shape index (κ1) is 16.1. The molecule has 7 heteroatoms. The molecule has 0 aliphatic heterocycles. The molecular weight excluding hydrogens is 312 g/mol. The standard InChI is InChI=1S/C17H18N2O5/c1-22-9-7-18(10-13-6-8-23-12-13)16(20)11-19-14-4-2-3-5-15(14)24-17(19)21/h2-6,8,12H,7,9-11H2,1H3.